The summed E-state index contributed by atoms with van der Waals surface area (Å²) in [6.45, 7) is 5.28. The fraction of sp³-hybridized carbons (Fsp3) is 0.688. The average Bonchev–Trinajstić information content (AvgIpc) is 2.87. The second kappa shape index (κ2) is 5.24. The van der Waals surface area contributed by atoms with E-state index >= 15 is 0 Å². The third-order valence-corrected chi connectivity index (χ3v) is 4.76. The fourth-order valence-corrected chi connectivity index (χ4v) is 3.55. The van der Waals surface area contributed by atoms with E-state index in [0.717, 1.165) is 44.4 Å². The van der Waals surface area contributed by atoms with Crippen molar-refractivity contribution in [3.63, 3.8) is 0 Å². The van der Waals surface area contributed by atoms with Crippen molar-refractivity contribution in [1.29, 1.82) is 0 Å². The number of fused-ring (bicyclic) bond motifs is 1. The molecule has 0 aromatic carbocycles. The first kappa shape index (κ1) is 13.7. The molecule has 2 N–H and O–H groups in total. The number of hydrogen-bond donors (Lipinski definition) is 2. The van der Waals surface area contributed by atoms with Crippen molar-refractivity contribution in [3.05, 3.63) is 23.7 Å². The van der Waals surface area contributed by atoms with Gasteiger partial charge in [0.2, 0.25) is 5.91 Å². The van der Waals surface area contributed by atoms with E-state index in [1.807, 2.05) is 6.07 Å². The molecule has 1 aliphatic heterocycles. The summed E-state index contributed by atoms with van der Waals surface area (Å²) in [6.07, 6.45) is 7.05. The molecule has 2 unspecified atom stereocenters. The van der Waals surface area contributed by atoms with Crippen LogP contribution in [0.1, 0.15) is 56.9 Å². The van der Waals surface area contributed by atoms with Crippen molar-refractivity contribution < 1.29 is 9.21 Å². The lowest BCUT2D eigenvalue weighted by molar-refractivity contribution is -0.127. The van der Waals surface area contributed by atoms with Gasteiger partial charge in [-0.2, -0.15) is 0 Å². The van der Waals surface area contributed by atoms with Crippen LogP contribution in [-0.4, -0.2) is 18.5 Å². The van der Waals surface area contributed by atoms with Gasteiger partial charge in [0, 0.05) is 12.0 Å². The molecule has 0 radical (unpaired) electrons. The number of aryl methyl sites for hydroxylation is 1. The van der Waals surface area contributed by atoms with Gasteiger partial charge < -0.3 is 15.1 Å². The number of rotatable bonds is 2. The predicted octanol–water partition coefficient (Wildman–Crippen LogP) is 2.55. The smallest absolute Gasteiger partial charge is 0.238 e. The molecule has 2 atom stereocenters. The van der Waals surface area contributed by atoms with Gasteiger partial charge in [-0.25, -0.2) is 0 Å². The summed E-state index contributed by atoms with van der Waals surface area (Å²) in [5.74, 6) is 1.17. The molecule has 1 aliphatic carbocycles. The van der Waals surface area contributed by atoms with Crippen LogP contribution < -0.4 is 10.6 Å². The first-order chi connectivity index (χ1) is 9.58. The van der Waals surface area contributed by atoms with Crippen LogP contribution in [0.15, 0.2) is 16.7 Å². The monoisotopic (exact) mass is 276 g/mol. The van der Waals surface area contributed by atoms with Crippen molar-refractivity contribution in [1.82, 2.24) is 10.6 Å². The maximum atomic E-state index is 12.6. The van der Waals surface area contributed by atoms with Crippen molar-refractivity contribution in [3.8, 4) is 0 Å². The molecule has 1 amide bonds. The van der Waals surface area contributed by atoms with E-state index in [9.17, 15) is 4.79 Å². The Morgan fingerprint density at radius 3 is 3.10 bits per heavy atom. The Hall–Kier alpha value is -1.29. The zero-order chi connectivity index (χ0) is 14.2. The molecule has 110 valence electrons. The van der Waals surface area contributed by atoms with E-state index < -0.39 is 0 Å². The second-order valence-electron chi connectivity index (χ2n) is 6.73. The van der Waals surface area contributed by atoms with Crippen LogP contribution in [0.4, 0.5) is 0 Å². The van der Waals surface area contributed by atoms with E-state index in [1.54, 1.807) is 6.26 Å². The Morgan fingerprint density at radius 2 is 2.30 bits per heavy atom. The molecule has 0 bridgehead atoms. The highest BCUT2D eigenvalue weighted by molar-refractivity contribution is 5.83. The van der Waals surface area contributed by atoms with E-state index in [-0.39, 0.29) is 23.4 Å². The molecule has 1 aromatic heterocycles. The molecular formula is C16H24N2O2. The lowest BCUT2D eigenvalue weighted by Gasteiger charge is -2.39. The molecule has 0 spiro atoms. The molecule has 4 heteroatoms. The van der Waals surface area contributed by atoms with Gasteiger partial charge in [0.05, 0.1) is 18.3 Å². The van der Waals surface area contributed by atoms with Crippen LogP contribution in [0.3, 0.4) is 0 Å². The van der Waals surface area contributed by atoms with Gasteiger partial charge in [0.15, 0.2) is 0 Å². The zero-order valence-corrected chi connectivity index (χ0v) is 12.4. The molecule has 0 saturated carbocycles. The van der Waals surface area contributed by atoms with Crippen molar-refractivity contribution in [2.24, 2.45) is 5.41 Å². The van der Waals surface area contributed by atoms with Gasteiger partial charge in [-0.15, -0.1) is 0 Å². The highest BCUT2D eigenvalue weighted by Crippen LogP contribution is 2.33. The first-order valence-corrected chi connectivity index (χ1v) is 7.68. The van der Waals surface area contributed by atoms with E-state index in [2.05, 4.69) is 24.5 Å². The molecule has 3 rings (SSSR count). The van der Waals surface area contributed by atoms with Crippen LogP contribution in [-0.2, 0) is 11.2 Å². The zero-order valence-electron chi connectivity index (χ0n) is 12.4. The van der Waals surface area contributed by atoms with Crippen LogP contribution in [0.2, 0.25) is 0 Å². The number of piperidine rings is 1. The quantitative estimate of drug-likeness (QED) is 0.873. The lowest BCUT2D eigenvalue weighted by atomic mass is 9.77. The van der Waals surface area contributed by atoms with Crippen molar-refractivity contribution >= 4 is 5.91 Å². The Bertz CT molecular complexity index is 492. The van der Waals surface area contributed by atoms with Gasteiger partial charge >= 0.3 is 0 Å². The van der Waals surface area contributed by atoms with Crippen LogP contribution in [0.5, 0.6) is 0 Å². The summed E-state index contributed by atoms with van der Waals surface area (Å²) in [6, 6.07) is 2.02. The SMILES string of the molecule is CC1(C)CCCNC1C(=O)NC1CCCc2occc21. The largest absolute Gasteiger partial charge is 0.469 e. The Labute approximate surface area is 120 Å². The second-order valence-corrected chi connectivity index (χ2v) is 6.73. The Kier molecular flexibility index (Phi) is 3.59. The van der Waals surface area contributed by atoms with Gasteiger partial charge in [0.25, 0.3) is 0 Å². The van der Waals surface area contributed by atoms with Gasteiger partial charge in [-0.1, -0.05) is 13.8 Å². The molecule has 1 fully saturated rings. The minimum Gasteiger partial charge on any atom is -0.469 e. The predicted molar refractivity (Wildman–Crippen MR) is 77.3 cm³/mol. The molecule has 2 aliphatic rings. The first-order valence-electron chi connectivity index (χ1n) is 7.68. The number of furan rings is 1. The Morgan fingerprint density at radius 1 is 1.45 bits per heavy atom. The minimum absolute atomic E-state index is 0.0240. The minimum atomic E-state index is -0.0893. The van der Waals surface area contributed by atoms with Crippen molar-refractivity contribution in [2.75, 3.05) is 6.54 Å². The van der Waals surface area contributed by atoms with Gasteiger partial charge in [0.1, 0.15) is 5.76 Å². The number of carbonyl (C=O) groups is 1. The summed E-state index contributed by atoms with van der Waals surface area (Å²) in [5.41, 5.74) is 1.19. The molecule has 1 aromatic rings. The van der Waals surface area contributed by atoms with E-state index in [4.69, 9.17) is 4.42 Å². The fourth-order valence-electron chi connectivity index (χ4n) is 3.55. The van der Waals surface area contributed by atoms with E-state index in [0.29, 0.717) is 0 Å². The highest BCUT2D eigenvalue weighted by atomic mass is 16.3. The van der Waals surface area contributed by atoms with Gasteiger partial charge in [-0.3, -0.25) is 4.79 Å². The normalized spacial score (nSPS) is 28.7. The summed E-state index contributed by atoms with van der Waals surface area (Å²) in [7, 11) is 0. The van der Waals surface area contributed by atoms with Crippen LogP contribution in [0.25, 0.3) is 0 Å². The standard InChI is InChI=1S/C16H24N2O2/c1-16(2)8-4-9-17-14(16)15(19)18-12-5-3-6-13-11(12)7-10-20-13/h7,10,12,14,17H,3-6,8-9H2,1-2H3,(H,18,19). The third kappa shape index (κ3) is 2.49. The third-order valence-electron chi connectivity index (χ3n) is 4.76. The molecule has 1 saturated heterocycles. The summed E-state index contributed by atoms with van der Waals surface area (Å²) in [4.78, 5) is 12.6. The number of nitrogens with one attached hydrogen (secondary N) is 2. The lowest BCUT2D eigenvalue weighted by Crippen LogP contribution is -2.56. The summed E-state index contributed by atoms with van der Waals surface area (Å²) in [5, 5.41) is 6.61. The highest BCUT2D eigenvalue weighted by Gasteiger charge is 2.38. The number of carbonyl (C=O) groups excluding carboxylic acids is 1. The topological polar surface area (TPSA) is 54.3 Å². The van der Waals surface area contributed by atoms with Gasteiger partial charge in [-0.05, 0) is 43.7 Å². The van der Waals surface area contributed by atoms with E-state index in [1.165, 1.54) is 5.56 Å². The number of hydrogen-bond acceptors (Lipinski definition) is 3. The Balaban J connectivity index is 1.71. The maximum absolute atomic E-state index is 12.6. The summed E-state index contributed by atoms with van der Waals surface area (Å²) < 4.78 is 5.49. The van der Waals surface area contributed by atoms with Crippen LogP contribution >= 0.6 is 0 Å². The van der Waals surface area contributed by atoms with Crippen molar-refractivity contribution in [2.45, 2.75) is 58.0 Å². The molecule has 4 nitrogen and oxygen atoms in total. The van der Waals surface area contributed by atoms with Crippen LogP contribution in [0, 0.1) is 5.41 Å². The molecule has 2 heterocycles. The summed E-state index contributed by atoms with van der Waals surface area (Å²) >= 11 is 0. The molecule has 20 heavy (non-hydrogen) atoms. The number of amides is 1. The average molecular weight is 276 g/mol. The molecular weight excluding hydrogens is 252 g/mol. The maximum Gasteiger partial charge on any atom is 0.238 e.